The van der Waals surface area contributed by atoms with Crippen LogP contribution in [0.5, 0.6) is 0 Å². The molecule has 0 spiro atoms. The first-order valence-electron chi connectivity index (χ1n) is 5.08. The number of rotatable bonds is 1. The second kappa shape index (κ2) is 4.31. The highest BCUT2D eigenvalue weighted by Gasteiger charge is 2.29. The Balaban J connectivity index is 2.30. The minimum atomic E-state index is 0.147. The van der Waals surface area contributed by atoms with Crippen LogP contribution in [0.4, 0.5) is 0 Å². The highest BCUT2D eigenvalue weighted by atomic mass is 79.9. The van der Waals surface area contributed by atoms with E-state index in [2.05, 4.69) is 20.9 Å². The second-order valence-electron chi connectivity index (χ2n) is 3.75. The van der Waals surface area contributed by atoms with Gasteiger partial charge in [0.2, 0.25) is 5.91 Å². The summed E-state index contributed by atoms with van der Waals surface area (Å²) in [5.41, 5.74) is 1.12. The molecule has 3 nitrogen and oxygen atoms in total. The molecule has 15 heavy (non-hydrogen) atoms. The molecule has 0 N–H and O–H groups in total. The molecule has 0 unspecified atom stereocenters. The third kappa shape index (κ3) is 2.04. The van der Waals surface area contributed by atoms with E-state index in [1.165, 1.54) is 0 Å². The minimum Gasteiger partial charge on any atom is -0.336 e. The molecule has 0 radical (unpaired) electrons. The van der Waals surface area contributed by atoms with E-state index in [1.807, 2.05) is 17.0 Å². The van der Waals surface area contributed by atoms with Crippen molar-refractivity contribution in [3.05, 3.63) is 28.5 Å². The standard InChI is InChI=1S/C11H13BrN2O/c1-8(15)14-7-3-5-10(14)9-4-2-6-13-11(9)12/h2,4,6,10H,3,5,7H2,1H3/t10-/m0/s1. The Labute approximate surface area is 97.6 Å². The predicted octanol–water partition coefficient (Wildman–Crippen LogP) is 2.53. The lowest BCUT2D eigenvalue weighted by atomic mass is 10.1. The van der Waals surface area contributed by atoms with E-state index in [0.29, 0.717) is 0 Å². The lowest BCUT2D eigenvalue weighted by molar-refractivity contribution is -0.129. The molecule has 0 bridgehead atoms. The van der Waals surface area contributed by atoms with Gasteiger partial charge < -0.3 is 4.90 Å². The van der Waals surface area contributed by atoms with E-state index in [0.717, 1.165) is 29.6 Å². The van der Waals surface area contributed by atoms with Crippen LogP contribution in [-0.4, -0.2) is 22.3 Å². The number of hydrogen-bond acceptors (Lipinski definition) is 2. The number of nitrogens with zero attached hydrogens (tertiary/aromatic N) is 2. The fourth-order valence-electron chi connectivity index (χ4n) is 2.11. The summed E-state index contributed by atoms with van der Waals surface area (Å²) < 4.78 is 0.850. The topological polar surface area (TPSA) is 33.2 Å². The van der Waals surface area contributed by atoms with Crippen LogP contribution in [0.2, 0.25) is 0 Å². The van der Waals surface area contributed by atoms with Crippen LogP contribution >= 0.6 is 15.9 Å². The molecule has 2 rings (SSSR count). The molecule has 0 saturated carbocycles. The molecule has 1 aliphatic heterocycles. The summed E-state index contributed by atoms with van der Waals surface area (Å²) in [6.45, 7) is 2.49. The summed E-state index contributed by atoms with van der Waals surface area (Å²) in [6.07, 6.45) is 3.86. The highest BCUT2D eigenvalue weighted by molar-refractivity contribution is 9.10. The number of amides is 1. The fourth-order valence-corrected chi connectivity index (χ4v) is 2.63. The predicted molar refractivity (Wildman–Crippen MR) is 61.3 cm³/mol. The number of pyridine rings is 1. The zero-order valence-corrected chi connectivity index (χ0v) is 10.2. The van der Waals surface area contributed by atoms with Crippen LogP contribution < -0.4 is 0 Å². The Bertz CT molecular complexity index is 381. The van der Waals surface area contributed by atoms with E-state index < -0.39 is 0 Å². The SMILES string of the molecule is CC(=O)N1CCC[C@H]1c1cccnc1Br. The van der Waals surface area contributed by atoms with Crippen molar-refractivity contribution in [3.63, 3.8) is 0 Å². The first-order valence-corrected chi connectivity index (χ1v) is 5.87. The van der Waals surface area contributed by atoms with Crippen molar-refractivity contribution in [2.45, 2.75) is 25.8 Å². The summed E-state index contributed by atoms with van der Waals surface area (Å²) in [7, 11) is 0. The Morgan fingerprint density at radius 3 is 3.13 bits per heavy atom. The maximum atomic E-state index is 11.4. The van der Waals surface area contributed by atoms with E-state index in [-0.39, 0.29) is 11.9 Å². The highest BCUT2D eigenvalue weighted by Crippen LogP contribution is 2.34. The fraction of sp³-hybridized carbons (Fsp3) is 0.455. The maximum Gasteiger partial charge on any atom is 0.219 e. The Hall–Kier alpha value is -0.900. The van der Waals surface area contributed by atoms with Crippen molar-refractivity contribution in [3.8, 4) is 0 Å². The monoisotopic (exact) mass is 268 g/mol. The average Bonchev–Trinajstić information content (AvgIpc) is 2.67. The van der Waals surface area contributed by atoms with Gasteiger partial charge >= 0.3 is 0 Å². The molecule has 1 saturated heterocycles. The number of aromatic nitrogens is 1. The smallest absolute Gasteiger partial charge is 0.219 e. The van der Waals surface area contributed by atoms with Gasteiger partial charge in [0.15, 0.2) is 0 Å². The van der Waals surface area contributed by atoms with Gasteiger partial charge in [0, 0.05) is 25.2 Å². The van der Waals surface area contributed by atoms with Gasteiger partial charge in [-0.25, -0.2) is 4.98 Å². The molecule has 1 aromatic rings. The summed E-state index contributed by atoms with van der Waals surface area (Å²) in [4.78, 5) is 17.5. The van der Waals surface area contributed by atoms with Gasteiger partial charge in [-0.1, -0.05) is 6.07 Å². The summed E-state index contributed by atoms with van der Waals surface area (Å²) in [5, 5.41) is 0. The summed E-state index contributed by atoms with van der Waals surface area (Å²) in [6, 6.07) is 4.14. The van der Waals surface area contributed by atoms with Crippen LogP contribution in [0.1, 0.15) is 31.4 Å². The number of carbonyl (C=O) groups is 1. The van der Waals surface area contributed by atoms with Crippen molar-refractivity contribution in [1.29, 1.82) is 0 Å². The Morgan fingerprint density at radius 2 is 2.47 bits per heavy atom. The third-order valence-corrected chi connectivity index (χ3v) is 3.47. The molecule has 1 aromatic heterocycles. The van der Waals surface area contributed by atoms with Crippen molar-refractivity contribution in [1.82, 2.24) is 9.88 Å². The number of likely N-dealkylation sites (tertiary alicyclic amines) is 1. The number of hydrogen-bond donors (Lipinski definition) is 0. The van der Waals surface area contributed by atoms with Gasteiger partial charge in [0.25, 0.3) is 0 Å². The van der Waals surface area contributed by atoms with Crippen molar-refractivity contribution >= 4 is 21.8 Å². The summed E-state index contributed by atoms with van der Waals surface area (Å²) >= 11 is 3.43. The van der Waals surface area contributed by atoms with Gasteiger partial charge in [-0.15, -0.1) is 0 Å². The number of halogens is 1. The Morgan fingerprint density at radius 1 is 1.67 bits per heavy atom. The molecular formula is C11H13BrN2O. The quantitative estimate of drug-likeness (QED) is 0.734. The molecular weight excluding hydrogens is 256 g/mol. The third-order valence-electron chi connectivity index (χ3n) is 2.80. The maximum absolute atomic E-state index is 11.4. The van der Waals surface area contributed by atoms with Gasteiger partial charge in [-0.3, -0.25) is 4.79 Å². The zero-order valence-electron chi connectivity index (χ0n) is 8.61. The molecule has 2 heterocycles. The lowest BCUT2D eigenvalue weighted by Crippen LogP contribution is -2.28. The van der Waals surface area contributed by atoms with Crippen LogP contribution in [-0.2, 0) is 4.79 Å². The van der Waals surface area contributed by atoms with Crippen molar-refractivity contribution < 1.29 is 4.79 Å². The molecule has 1 amide bonds. The molecule has 4 heteroatoms. The van der Waals surface area contributed by atoms with E-state index in [1.54, 1.807) is 13.1 Å². The van der Waals surface area contributed by atoms with Crippen LogP contribution in [0.3, 0.4) is 0 Å². The molecule has 0 aromatic carbocycles. The van der Waals surface area contributed by atoms with Crippen LogP contribution in [0, 0.1) is 0 Å². The van der Waals surface area contributed by atoms with Crippen molar-refractivity contribution in [2.24, 2.45) is 0 Å². The molecule has 1 aliphatic rings. The van der Waals surface area contributed by atoms with E-state index >= 15 is 0 Å². The summed E-state index contributed by atoms with van der Waals surface area (Å²) in [5.74, 6) is 0.147. The molecule has 80 valence electrons. The number of carbonyl (C=O) groups excluding carboxylic acids is 1. The van der Waals surface area contributed by atoms with Crippen LogP contribution in [0.25, 0.3) is 0 Å². The molecule has 0 aliphatic carbocycles. The van der Waals surface area contributed by atoms with Crippen molar-refractivity contribution in [2.75, 3.05) is 6.54 Å². The lowest BCUT2D eigenvalue weighted by Gasteiger charge is -2.23. The Kier molecular flexibility index (Phi) is 3.05. The first-order chi connectivity index (χ1) is 7.20. The first kappa shape index (κ1) is 10.6. The molecule has 1 atom stereocenters. The van der Waals surface area contributed by atoms with Gasteiger partial charge in [-0.2, -0.15) is 0 Å². The van der Waals surface area contributed by atoms with Crippen LogP contribution in [0.15, 0.2) is 22.9 Å². The van der Waals surface area contributed by atoms with Gasteiger partial charge in [0.1, 0.15) is 4.60 Å². The minimum absolute atomic E-state index is 0.147. The van der Waals surface area contributed by atoms with Gasteiger partial charge in [0.05, 0.1) is 6.04 Å². The van der Waals surface area contributed by atoms with Gasteiger partial charge in [-0.05, 0) is 34.8 Å². The average molecular weight is 269 g/mol. The van der Waals surface area contributed by atoms with E-state index in [9.17, 15) is 4.79 Å². The zero-order chi connectivity index (χ0) is 10.8. The van der Waals surface area contributed by atoms with E-state index in [4.69, 9.17) is 0 Å². The second-order valence-corrected chi connectivity index (χ2v) is 4.51. The largest absolute Gasteiger partial charge is 0.336 e. The normalized spacial score (nSPS) is 20.7. The molecule has 1 fully saturated rings.